The number of hydrogen-bond acceptors (Lipinski definition) is 3. The summed E-state index contributed by atoms with van der Waals surface area (Å²) in [5, 5.41) is 9.22. The fourth-order valence-electron chi connectivity index (χ4n) is 3.05. The lowest BCUT2D eigenvalue weighted by atomic mass is 10.1. The Morgan fingerprint density at radius 1 is 1.12 bits per heavy atom. The molecule has 32 heavy (non-hydrogen) atoms. The molecule has 10 heteroatoms. The van der Waals surface area contributed by atoms with E-state index in [1.54, 1.807) is 30.3 Å². The zero-order valence-corrected chi connectivity index (χ0v) is 17.2. The first-order valence-corrected chi connectivity index (χ1v) is 9.85. The number of carbonyl (C=O) groups excluding carboxylic acids is 2. The van der Waals surface area contributed by atoms with Crippen LogP contribution < -0.4 is 16.4 Å². The number of carbonyl (C=O) groups is 2. The van der Waals surface area contributed by atoms with Crippen molar-refractivity contribution in [3.05, 3.63) is 71.4 Å². The first-order chi connectivity index (χ1) is 15.2. The minimum Gasteiger partial charge on any atom is -0.369 e. The maximum Gasteiger partial charge on any atom is 0.324 e. The molecule has 0 radical (unpaired) electrons. The van der Waals surface area contributed by atoms with Crippen LogP contribution in [-0.4, -0.2) is 27.9 Å². The molecular weight excluding hydrogens is 423 g/mol. The van der Waals surface area contributed by atoms with E-state index < -0.39 is 29.7 Å². The van der Waals surface area contributed by atoms with Crippen molar-refractivity contribution in [1.82, 2.24) is 9.78 Å². The number of primary amides is 1. The molecule has 0 aliphatic carbocycles. The standard InChI is InChI=1S/C22H22F3N5O2/c1-13(23)8-9-15-12-20(28-22(32)27-18-7-3-6-17(24)21(18)25)30(29-15)16-5-2-4-14(10-16)11-19(26)31/h2-7,10,12-13H,8-9,11H2,1H3,(H2,26,31)(H2,27,28,32). The number of aryl methyl sites for hydroxylation is 1. The SMILES string of the molecule is CC(F)CCc1cc(NC(=O)Nc2cccc(F)c2F)n(-c2cccc(CC(N)=O)c2)n1. The van der Waals surface area contributed by atoms with Crippen LogP contribution in [0.3, 0.4) is 0 Å². The van der Waals surface area contributed by atoms with Gasteiger partial charge in [-0.15, -0.1) is 0 Å². The van der Waals surface area contributed by atoms with Gasteiger partial charge in [-0.05, 0) is 49.6 Å². The third-order valence-corrected chi connectivity index (χ3v) is 4.53. The number of urea groups is 1. The van der Waals surface area contributed by atoms with E-state index in [0.717, 1.165) is 6.07 Å². The number of benzene rings is 2. The summed E-state index contributed by atoms with van der Waals surface area (Å²) in [6.07, 6.45) is -0.460. The molecule has 1 unspecified atom stereocenters. The number of hydrogen-bond donors (Lipinski definition) is 3. The molecule has 0 aliphatic rings. The van der Waals surface area contributed by atoms with Crippen molar-refractivity contribution in [2.75, 3.05) is 10.6 Å². The summed E-state index contributed by atoms with van der Waals surface area (Å²) in [4.78, 5) is 23.7. The average molecular weight is 445 g/mol. The molecule has 7 nitrogen and oxygen atoms in total. The fraction of sp³-hybridized carbons (Fsp3) is 0.227. The second-order valence-electron chi connectivity index (χ2n) is 7.25. The Morgan fingerprint density at radius 3 is 2.59 bits per heavy atom. The molecule has 2 aromatic carbocycles. The van der Waals surface area contributed by atoms with Crippen molar-refractivity contribution in [3.63, 3.8) is 0 Å². The molecule has 0 fully saturated rings. The van der Waals surface area contributed by atoms with Gasteiger partial charge in [0.2, 0.25) is 5.91 Å². The van der Waals surface area contributed by atoms with Gasteiger partial charge in [-0.1, -0.05) is 18.2 Å². The minimum atomic E-state index is -1.19. The fourth-order valence-corrected chi connectivity index (χ4v) is 3.05. The van der Waals surface area contributed by atoms with E-state index in [-0.39, 0.29) is 24.3 Å². The first kappa shape index (κ1) is 22.9. The number of aromatic nitrogens is 2. The van der Waals surface area contributed by atoms with Crippen molar-refractivity contribution < 1.29 is 22.8 Å². The lowest BCUT2D eigenvalue weighted by Gasteiger charge is -2.11. The average Bonchev–Trinajstić information content (AvgIpc) is 3.12. The van der Waals surface area contributed by atoms with Gasteiger partial charge in [0, 0.05) is 6.07 Å². The number of nitrogens with two attached hydrogens (primary N) is 1. The summed E-state index contributed by atoms with van der Waals surface area (Å²) in [5.41, 5.74) is 6.61. The zero-order chi connectivity index (χ0) is 23.3. The number of amides is 3. The monoisotopic (exact) mass is 445 g/mol. The summed E-state index contributed by atoms with van der Waals surface area (Å²) < 4.78 is 42.0. The molecule has 168 valence electrons. The van der Waals surface area contributed by atoms with Gasteiger partial charge in [0.15, 0.2) is 11.6 Å². The highest BCUT2D eigenvalue weighted by atomic mass is 19.2. The Balaban J connectivity index is 1.89. The lowest BCUT2D eigenvalue weighted by molar-refractivity contribution is -0.117. The smallest absolute Gasteiger partial charge is 0.324 e. The molecule has 3 aromatic rings. The molecule has 0 spiro atoms. The molecule has 0 saturated carbocycles. The Kier molecular flexibility index (Phi) is 7.14. The Hall–Kier alpha value is -3.82. The van der Waals surface area contributed by atoms with Gasteiger partial charge in [0.05, 0.1) is 29.7 Å². The van der Waals surface area contributed by atoms with Gasteiger partial charge in [0.25, 0.3) is 0 Å². The first-order valence-electron chi connectivity index (χ1n) is 9.85. The number of nitrogens with one attached hydrogen (secondary N) is 2. The number of rotatable bonds is 8. The Bertz CT molecular complexity index is 1130. The van der Waals surface area contributed by atoms with E-state index >= 15 is 0 Å². The Morgan fingerprint density at radius 2 is 1.88 bits per heavy atom. The van der Waals surface area contributed by atoms with E-state index in [4.69, 9.17) is 5.73 Å². The van der Waals surface area contributed by atoms with E-state index in [2.05, 4.69) is 15.7 Å². The number of nitrogens with zero attached hydrogens (tertiary/aromatic N) is 2. The third kappa shape index (κ3) is 5.87. The predicted molar refractivity (Wildman–Crippen MR) is 114 cm³/mol. The quantitative estimate of drug-likeness (QED) is 0.486. The minimum absolute atomic E-state index is 0.0173. The molecule has 0 bridgehead atoms. The lowest BCUT2D eigenvalue weighted by Crippen LogP contribution is -2.22. The van der Waals surface area contributed by atoms with Crippen molar-refractivity contribution in [2.45, 2.75) is 32.4 Å². The summed E-state index contributed by atoms with van der Waals surface area (Å²) in [6, 6.07) is 10.9. The molecule has 1 atom stereocenters. The van der Waals surface area contributed by atoms with Gasteiger partial charge in [-0.3, -0.25) is 10.1 Å². The number of anilines is 2. The van der Waals surface area contributed by atoms with Crippen molar-refractivity contribution in [1.29, 1.82) is 0 Å². The largest absolute Gasteiger partial charge is 0.369 e. The Labute approximate surface area is 182 Å². The third-order valence-electron chi connectivity index (χ3n) is 4.53. The molecule has 0 aliphatic heterocycles. The highest BCUT2D eigenvalue weighted by molar-refractivity contribution is 5.99. The molecule has 3 amide bonds. The molecule has 4 N–H and O–H groups in total. The van der Waals surface area contributed by atoms with Crippen LogP contribution in [0, 0.1) is 11.6 Å². The summed E-state index contributed by atoms with van der Waals surface area (Å²) in [7, 11) is 0. The predicted octanol–water partition coefficient (Wildman–Crippen LogP) is 4.11. The highest BCUT2D eigenvalue weighted by Gasteiger charge is 2.16. The number of halogens is 3. The summed E-state index contributed by atoms with van der Waals surface area (Å²) in [5.74, 6) is -2.57. The molecule has 1 heterocycles. The van der Waals surface area contributed by atoms with Gasteiger partial charge in [-0.25, -0.2) is 22.6 Å². The molecule has 3 rings (SSSR count). The van der Waals surface area contributed by atoms with Crippen LogP contribution in [0.4, 0.5) is 29.5 Å². The van der Waals surface area contributed by atoms with Crippen LogP contribution in [0.15, 0.2) is 48.5 Å². The van der Waals surface area contributed by atoms with Crippen LogP contribution in [0.5, 0.6) is 0 Å². The number of alkyl halides is 1. The second kappa shape index (κ2) is 9.99. The second-order valence-corrected chi connectivity index (χ2v) is 7.25. The van der Waals surface area contributed by atoms with Crippen LogP contribution in [0.1, 0.15) is 24.6 Å². The van der Waals surface area contributed by atoms with E-state index in [1.807, 2.05) is 0 Å². The van der Waals surface area contributed by atoms with Crippen LogP contribution in [0.25, 0.3) is 5.69 Å². The molecule has 0 saturated heterocycles. The molecular formula is C22H22F3N5O2. The van der Waals surface area contributed by atoms with Crippen molar-refractivity contribution >= 4 is 23.4 Å². The highest BCUT2D eigenvalue weighted by Crippen LogP contribution is 2.22. The van der Waals surface area contributed by atoms with Crippen molar-refractivity contribution in [2.24, 2.45) is 5.73 Å². The van der Waals surface area contributed by atoms with Gasteiger partial charge in [-0.2, -0.15) is 5.10 Å². The van der Waals surface area contributed by atoms with E-state index in [9.17, 15) is 22.8 Å². The molecule has 1 aromatic heterocycles. The van der Waals surface area contributed by atoms with Crippen LogP contribution in [-0.2, 0) is 17.6 Å². The zero-order valence-electron chi connectivity index (χ0n) is 17.2. The van der Waals surface area contributed by atoms with Gasteiger partial charge >= 0.3 is 6.03 Å². The maximum atomic E-state index is 13.9. The van der Waals surface area contributed by atoms with E-state index in [0.29, 0.717) is 23.4 Å². The van der Waals surface area contributed by atoms with Crippen LogP contribution >= 0.6 is 0 Å². The van der Waals surface area contributed by atoms with E-state index in [1.165, 1.54) is 23.7 Å². The summed E-state index contributed by atoms with van der Waals surface area (Å²) >= 11 is 0. The van der Waals surface area contributed by atoms with Gasteiger partial charge < -0.3 is 11.1 Å². The summed E-state index contributed by atoms with van der Waals surface area (Å²) in [6.45, 7) is 1.43. The normalized spacial score (nSPS) is 11.8. The van der Waals surface area contributed by atoms with Crippen molar-refractivity contribution in [3.8, 4) is 5.69 Å². The topological polar surface area (TPSA) is 102 Å². The van der Waals surface area contributed by atoms with Crippen LogP contribution in [0.2, 0.25) is 0 Å². The van der Waals surface area contributed by atoms with Gasteiger partial charge in [0.1, 0.15) is 5.82 Å². The maximum absolute atomic E-state index is 13.9.